The molecule has 0 unspecified atom stereocenters. The van der Waals surface area contributed by atoms with Gasteiger partial charge in [0, 0.05) is 25.2 Å². The van der Waals surface area contributed by atoms with E-state index < -0.39 is 0 Å². The van der Waals surface area contributed by atoms with Gasteiger partial charge in [-0.1, -0.05) is 53.3 Å². The van der Waals surface area contributed by atoms with Crippen LogP contribution in [0, 0.1) is 6.92 Å². The Balaban J connectivity index is 1.49. The number of aromatic nitrogens is 2. The third kappa shape index (κ3) is 4.75. The van der Waals surface area contributed by atoms with Gasteiger partial charge in [0.2, 0.25) is 0 Å². The van der Waals surface area contributed by atoms with E-state index in [0.29, 0.717) is 17.8 Å². The van der Waals surface area contributed by atoms with Gasteiger partial charge in [-0.25, -0.2) is 4.98 Å². The number of amides is 1. The lowest BCUT2D eigenvalue weighted by Crippen LogP contribution is -2.29. The van der Waals surface area contributed by atoms with Crippen LogP contribution in [-0.4, -0.2) is 36.1 Å². The highest BCUT2D eigenvalue weighted by Gasteiger charge is 2.21. The molecule has 5 rings (SSSR count). The Morgan fingerprint density at radius 3 is 2.47 bits per heavy atom. The second kappa shape index (κ2) is 9.81. The molecule has 2 aromatic heterocycles. The van der Waals surface area contributed by atoms with E-state index in [4.69, 9.17) is 14.7 Å². The number of nitrogens with one attached hydrogen (secondary N) is 1. The molecule has 7 heteroatoms. The van der Waals surface area contributed by atoms with E-state index in [1.807, 2.05) is 42.5 Å². The molecule has 1 saturated heterocycles. The maximum atomic E-state index is 13.4. The van der Waals surface area contributed by atoms with Crippen molar-refractivity contribution >= 4 is 32.7 Å². The maximum Gasteiger partial charge on any atom is 0.253 e. The van der Waals surface area contributed by atoms with Gasteiger partial charge in [0.15, 0.2) is 10.8 Å². The topological polar surface area (TPSA) is 67.3 Å². The van der Waals surface area contributed by atoms with Gasteiger partial charge in [-0.3, -0.25) is 4.79 Å². The highest BCUT2D eigenvalue weighted by atomic mass is 32.1. The third-order valence-corrected chi connectivity index (χ3v) is 7.32. The standard InChI is InChI=1S/C27H28N4O2S/c1-18-6-10-20(11-7-18)23-16-22(26(32)28-17-19-8-12-21(33-2)13-9-19)24-25(29-23)30-27(34-24)31-14-4-3-5-15-31/h6-13,16H,3-5,14-15,17H2,1-2H3,(H,28,32). The van der Waals surface area contributed by atoms with Gasteiger partial charge in [0.05, 0.1) is 23.1 Å². The van der Waals surface area contributed by atoms with Crippen molar-refractivity contribution < 1.29 is 9.53 Å². The fourth-order valence-corrected chi connectivity index (χ4v) is 5.25. The number of carbonyl (C=O) groups excluding carboxylic acids is 1. The SMILES string of the molecule is COc1ccc(CNC(=O)c2cc(-c3ccc(C)cc3)nc3nc(N4CCCCC4)sc23)cc1. The van der Waals surface area contributed by atoms with Crippen molar-refractivity contribution in [1.82, 2.24) is 15.3 Å². The van der Waals surface area contributed by atoms with Crippen LogP contribution in [0.5, 0.6) is 5.75 Å². The number of carbonyl (C=O) groups is 1. The van der Waals surface area contributed by atoms with E-state index in [-0.39, 0.29) is 5.91 Å². The summed E-state index contributed by atoms with van der Waals surface area (Å²) in [6.45, 7) is 4.50. The van der Waals surface area contributed by atoms with Gasteiger partial charge in [-0.05, 0) is 49.9 Å². The highest BCUT2D eigenvalue weighted by Crippen LogP contribution is 2.34. The summed E-state index contributed by atoms with van der Waals surface area (Å²) in [5.74, 6) is 0.675. The first kappa shape index (κ1) is 22.3. The van der Waals surface area contributed by atoms with Gasteiger partial charge in [-0.15, -0.1) is 0 Å². The minimum atomic E-state index is -0.120. The van der Waals surface area contributed by atoms with Crippen LogP contribution in [0.15, 0.2) is 54.6 Å². The fourth-order valence-electron chi connectivity index (χ4n) is 4.18. The van der Waals surface area contributed by atoms with Gasteiger partial charge < -0.3 is 15.0 Å². The largest absolute Gasteiger partial charge is 0.497 e. The van der Waals surface area contributed by atoms with Crippen LogP contribution in [0.1, 0.15) is 40.7 Å². The van der Waals surface area contributed by atoms with Crippen molar-refractivity contribution in [3.63, 3.8) is 0 Å². The van der Waals surface area contributed by atoms with Crippen LogP contribution in [0.4, 0.5) is 5.13 Å². The second-order valence-corrected chi connectivity index (χ2v) is 9.63. The summed E-state index contributed by atoms with van der Waals surface area (Å²) in [5, 5.41) is 4.03. The summed E-state index contributed by atoms with van der Waals surface area (Å²) < 4.78 is 6.06. The van der Waals surface area contributed by atoms with Crippen molar-refractivity contribution in [3.8, 4) is 17.0 Å². The number of nitrogens with zero attached hydrogens (tertiary/aromatic N) is 3. The Labute approximate surface area is 203 Å². The second-order valence-electron chi connectivity index (χ2n) is 8.65. The Morgan fingerprint density at radius 1 is 1.03 bits per heavy atom. The molecule has 0 atom stereocenters. The number of piperidine rings is 1. The molecule has 0 radical (unpaired) electrons. The van der Waals surface area contributed by atoms with Gasteiger partial charge in [-0.2, -0.15) is 4.98 Å². The van der Waals surface area contributed by atoms with Gasteiger partial charge in [0.25, 0.3) is 5.91 Å². The molecule has 2 aromatic carbocycles. The molecule has 1 fully saturated rings. The average molecular weight is 473 g/mol. The van der Waals surface area contributed by atoms with Crippen molar-refractivity contribution in [2.45, 2.75) is 32.7 Å². The predicted octanol–water partition coefficient (Wildman–Crippen LogP) is 5.60. The molecular weight excluding hydrogens is 444 g/mol. The first-order chi connectivity index (χ1) is 16.6. The van der Waals surface area contributed by atoms with Crippen molar-refractivity contribution in [3.05, 3.63) is 71.3 Å². The van der Waals surface area contributed by atoms with Crippen molar-refractivity contribution in [1.29, 1.82) is 0 Å². The number of anilines is 1. The number of benzene rings is 2. The van der Waals surface area contributed by atoms with E-state index >= 15 is 0 Å². The summed E-state index contributed by atoms with van der Waals surface area (Å²) in [6, 6.07) is 17.8. The molecular formula is C27H28N4O2S. The Hall–Kier alpha value is -3.45. The summed E-state index contributed by atoms with van der Waals surface area (Å²) >= 11 is 1.57. The van der Waals surface area contributed by atoms with E-state index in [9.17, 15) is 4.79 Å². The van der Waals surface area contributed by atoms with Crippen LogP contribution < -0.4 is 15.0 Å². The van der Waals surface area contributed by atoms with Gasteiger partial charge in [0.1, 0.15) is 5.75 Å². The fraction of sp³-hybridized carbons (Fsp3) is 0.296. The highest BCUT2D eigenvalue weighted by molar-refractivity contribution is 7.22. The van der Waals surface area contributed by atoms with Crippen LogP contribution in [-0.2, 0) is 6.54 Å². The number of ether oxygens (including phenoxy) is 1. The van der Waals surface area contributed by atoms with Crippen LogP contribution in [0.25, 0.3) is 21.6 Å². The number of pyridine rings is 1. The van der Waals surface area contributed by atoms with E-state index in [0.717, 1.165) is 45.5 Å². The van der Waals surface area contributed by atoms with Crippen molar-refractivity contribution in [2.75, 3.05) is 25.1 Å². The number of hydrogen-bond acceptors (Lipinski definition) is 6. The lowest BCUT2D eigenvalue weighted by Gasteiger charge is -2.25. The summed E-state index contributed by atoms with van der Waals surface area (Å²) in [4.78, 5) is 25.4. The maximum absolute atomic E-state index is 13.4. The number of methoxy groups -OCH3 is 1. The van der Waals surface area contributed by atoms with Crippen LogP contribution >= 0.6 is 11.3 Å². The lowest BCUT2D eigenvalue weighted by atomic mass is 10.1. The summed E-state index contributed by atoms with van der Waals surface area (Å²) in [5.41, 5.74) is 5.19. The molecule has 0 bridgehead atoms. The van der Waals surface area contributed by atoms with Gasteiger partial charge >= 0.3 is 0 Å². The average Bonchev–Trinajstić information content (AvgIpc) is 3.32. The monoisotopic (exact) mass is 472 g/mol. The smallest absolute Gasteiger partial charge is 0.253 e. The molecule has 3 heterocycles. The quantitative estimate of drug-likeness (QED) is 0.396. The number of hydrogen-bond donors (Lipinski definition) is 1. The molecule has 1 N–H and O–H groups in total. The third-order valence-electron chi connectivity index (χ3n) is 6.18. The van der Waals surface area contributed by atoms with E-state index in [1.54, 1.807) is 18.4 Å². The zero-order valence-electron chi connectivity index (χ0n) is 19.5. The molecule has 4 aromatic rings. The predicted molar refractivity (Wildman–Crippen MR) is 138 cm³/mol. The van der Waals surface area contributed by atoms with E-state index in [2.05, 4.69) is 29.3 Å². The molecule has 34 heavy (non-hydrogen) atoms. The molecule has 1 aliphatic rings. The number of fused-ring (bicyclic) bond motifs is 1. The Morgan fingerprint density at radius 2 is 1.76 bits per heavy atom. The van der Waals surface area contributed by atoms with Crippen LogP contribution in [0.2, 0.25) is 0 Å². The molecule has 1 aliphatic heterocycles. The van der Waals surface area contributed by atoms with Crippen LogP contribution in [0.3, 0.4) is 0 Å². The normalized spacial score (nSPS) is 13.8. The van der Waals surface area contributed by atoms with Crippen molar-refractivity contribution in [2.24, 2.45) is 0 Å². The molecule has 0 spiro atoms. The summed E-state index contributed by atoms with van der Waals surface area (Å²) in [6.07, 6.45) is 3.61. The Kier molecular flexibility index (Phi) is 6.45. The number of aryl methyl sites for hydroxylation is 1. The molecule has 0 saturated carbocycles. The zero-order valence-corrected chi connectivity index (χ0v) is 20.3. The minimum Gasteiger partial charge on any atom is -0.497 e. The molecule has 1 amide bonds. The number of thiazole rings is 1. The first-order valence-electron chi connectivity index (χ1n) is 11.7. The molecule has 0 aliphatic carbocycles. The zero-order chi connectivity index (χ0) is 23.5. The summed E-state index contributed by atoms with van der Waals surface area (Å²) in [7, 11) is 1.64. The Bertz CT molecular complexity index is 1290. The first-order valence-corrected chi connectivity index (χ1v) is 12.5. The minimum absolute atomic E-state index is 0.120. The van der Waals surface area contributed by atoms with E-state index in [1.165, 1.54) is 24.8 Å². The molecule has 6 nitrogen and oxygen atoms in total. The lowest BCUT2D eigenvalue weighted by molar-refractivity contribution is 0.0952. The number of rotatable bonds is 6. The molecule has 174 valence electrons.